The van der Waals surface area contributed by atoms with Crippen molar-refractivity contribution in [1.82, 2.24) is 9.59 Å². The van der Waals surface area contributed by atoms with Crippen LogP contribution in [-0.4, -0.2) is 9.59 Å². The minimum absolute atomic E-state index is 0.273. The van der Waals surface area contributed by atoms with Gasteiger partial charge in [-0.3, -0.25) is 4.79 Å². The predicted molar refractivity (Wildman–Crippen MR) is 51.6 cm³/mol. The Morgan fingerprint density at radius 1 is 1.15 bits per heavy atom. The Balaban J connectivity index is 2.60. The highest BCUT2D eigenvalue weighted by molar-refractivity contribution is 7.03. The molecular formula is C9H6N2OS. The largest absolute Gasteiger partial charge is 0.297 e. The first-order chi connectivity index (χ1) is 6.38. The van der Waals surface area contributed by atoms with E-state index in [-0.39, 0.29) is 5.56 Å². The van der Waals surface area contributed by atoms with E-state index in [1.807, 2.05) is 30.3 Å². The molecule has 0 unspecified atom stereocenters. The lowest BCUT2D eigenvalue weighted by molar-refractivity contribution is 1.07. The molecule has 2 aromatic rings. The molecule has 3 nitrogen and oxygen atoms in total. The van der Waals surface area contributed by atoms with Crippen LogP contribution in [0.5, 0.6) is 0 Å². The van der Waals surface area contributed by atoms with Gasteiger partial charge < -0.3 is 0 Å². The van der Waals surface area contributed by atoms with Gasteiger partial charge in [-0.25, -0.2) is 0 Å². The van der Waals surface area contributed by atoms with Crippen LogP contribution >= 0.6 is 11.5 Å². The first-order valence-electron chi connectivity index (χ1n) is 3.75. The van der Waals surface area contributed by atoms with E-state index in [2.05, 4.69) is 9.59 Å². The lowest BCUT2D eigenvalue weighted by Crippen LogP contribution is -2.08. The van der Waals surface area contributed by atoms with Gasteiger partial charge in [-0.05, 0) is 17.1 Å². The van der Waals surface area contributed by atoms with Gasteiger partial charge in [0.1, 0.15) is 0 Å². The van der Waals surface area contributed by atoms with E-state index in [1.54, 1.807) is 5.38 Å². The molecule has 0 amide bonds. The molecule has 0 aliphatic rings. The normalized spacial score (nSPS) is 9.85. The molecule has 0 spiro atoms. The van der Waals surface area contributed by atoms with Crippen LogP contribution < -0.4 is 5.56 Å². The molecule has 0 aliphatic carbocycles. The van der Waals surface area contributed by atoms with Crippen molar-refractivity contribution in [3.05, 3.63) is 46.1 Å². The van der Waals surface area contributed by atoms with E-state index < -0.39 is 0 Å². The fourth-order valence-electron chi connectivity index (χ4n) is 1.05. The van der Waals surface area contributed by atoms with Crippen molar-refractivity contribution in [2.75, 3.05) is 0 Å². The van der Waals surface area contributed by atoms with Gasteiger partial charge in [0, 0.05) is 5.38 Å². The Morgan fingerprint density at radius 3 is 2.62 bits per heavy atom. The highest BCUT2D eigenvalue weighted by atomic mass is 32.1. The Bertz CT molecular complexity index is 452. The smallest absolute Gasteiger partial charge is 0.265 e. The van der Waals surface area contributed by atoms with Gasteiger partial charge >= 0.3 is 0 Å². The average Bonchev–Trinajstić information content (AvgIpc) is 2.20. The first-order valence-corrected chi connectivity index (χ1v) is 4.58. The van der Waals surface area contributed by atoms with Crippen LogP contribution in [-0.2, 0) is 0 Å². The number of nitrogens with zero attached hydrogens (tertiary/aromatic N) is 2. The number of hydrogen-bond donors (Lipinski definition) is 0. The average molecular weight is 190 g/mol. The summed E-state index contributed by atoms with van der Waals surface area (Å²) in [7, 11) is 0. The molecule has 4 heteroatoms. The van der Waals surface area contributed by atoms with Crippen molar-refractivity contribution in [2.24, 2.45) is 0 Å². The molecule has 0 saturated heterocycles. The molecule has 0 atom stereocenters. The monoisotopic (exact) mass is 190 g/mol. The second-order valence-corrected chi connectivity index (χ2v) is 3.10. The maximum absolute atomic E-state index is 11.3. The van der Waals surface area contributed by atoms with E-state index in [1.165, 1.54) is 11.5 Å². The molecule has 2 rings (SSSR count). The summed E-state index contributed by atoms with van der Waals surface area (Å²) in [4.78, 5) is 11.3. The summed E-state index contributed by atoms with van der Waals surface area (Å²) in [6.45, 7) is 0. The zero-order chi connectivity index (χ0) is 9.10. The van der Waals surface area contributed by atoms with Crippen LogP contribution in [0, 0.1) is 0 Å². The van der Waals surface area contributed by atoms with Gasteiger partial charge in [0.05, 0.1) is 5.56 Å². The van der Waals surface area contributed by atoms with E-state index in [0.29, 0.717) is 5.56 Å². The Labute approximate surface area is 78.8 Å². The van der Waals surface area contributed by atoms with Crippen LogP contribution in [0.1, 0.15) is 0 Å². The van der Waals surface area contributed by atoms with E-state index in [4.69, 9.17) is 0 Å². The molecule has 0 bridgehead atoms. The number of benzene rings is 1. The summed E-state index contributed by atoms with van der Waals surface area (Å²) >= 11 is 1.18. The summed E-state index contributed by atoms with van der Waals surface area (Å²) in [5.74, 6) is 0. The fraction of sp³-hybridized carbons (Fsp3) is 0. The quantitative estimate of drug-likeness (QED) is 0.685. The minimum atomic E-state index is -0.273. The predicted octanol–water partition coefficient (Wildman–Crippen LogP) is 1.57. The van der Waals surface area contributed by atoms with Gasteiger partial charge in [0.25, 0.3) is 5.56 Å². The van der Waals surface area contributed by atoms with Gasteiger partial charge in [-0.1, -0.05) is 39.9 Å². The van der Waals surface area contributed by atoms with Gasteiger partial charge in [-0.15, -0.1) is 0 Å². The molecule has 0 aliphatic heterocycles. The zero-order valence-electron chi connectivity index (χ0n) is 6.68. The van der Waals surface area contributed by atoms with Crippen molar-refractivity contribution in [1.29, 1.82) is 0 Å². The van der Waals surface area contributed by atoms with Crippen LogP contribution in [0.15, 0.2) is 40.5 Å². The molecule has 1 heterocycles. The highest BCUT2D eigenvalue weighted by Crippen LogP contribution is 2.13. The topological polar surface area (TPSA) is 42.9 Å². The molecule has 13 heavy (non-hydrogen) atoms. The molecule has 0 radical (unpaired) electrons. The van der Waals surface area contributed by atoms with Gasteiger partial charge in [-0.2, -0.15) is 0 Å². The molecule has 0 fully saturated rings. The zero-order valence-corrected chi connectivity index (χ0v) is 7.49. The summed E-state index contributed by atoms with van der Waals surface area (Å²) in [6, 6.07) is 9.45. The van der Waals surface area contributed by atoms with Crippen LogP contribution in [0.25, 0.3) is 11.1 Å². The number of aromatic nitrogens is 2. The standard InChI is InChI=1S/C9H6N2OS/c12-9-8(6-13-11-10-9)7-4-2-1-3-5-7/h1-6H. The second-order valence-electron chi connectivity index (χ2n) is 2.49. The van der Waals surface area contributed by atoms with E-state index in [9.17, 15) is 4.79 Å². The fourth-order valence-corrected chi connectivity index (χ4v) is 1.56. The number of hydrogen-bond acceptors (Lipinski definition) is 4. The second kappa shape index (κ2) is 3.45. The van der Waals surface area contributed by atoms with Gasteiger partial charge in [0.15, 0.2) is 0 Å². The SMILES string of the molecule is O=c1nnscc1-c1ccccc1. The lowest BCUT2D eigenvalue weighted by Gasteiger charge is -1.95. The molecule has 1 aromatic heterocycles. The van der Waals surface area contributed by atoms with Crippen molar-refractivity contribution >= 4 is 11.5 Å². The Morgan fingerprint density at radius 2 is 1.92 bits per heavy atom. The first kappa shape index (κ1) is 8.07. The minimum Gasteiger partial charge on any atom is -0.265 e. The number of rotatable bonds is 1. The summed E-state index contributed by atoms with van der Waals surface area (Å²) in [5.41, 5.74) is 1.23. The van der Waals surface area contributed by atoms with Crippen molar-refractivity contribution in [3.63, 3.8) is 0 Å². The Kier molecular flexibility index (Phi) is 2.14. The summed E-state index contributed by atoms with van der Waals surface area (Å²) < 4.78 is 3.55. The third kappa shape index (κ3) is 1.62. The van der Waals surface area contributed by atoms with E-state index >= 15 is 0 Å². The maximum Gasteiger partial charge on any atom is 0.297 e. The third-order valence-electron chi connectivity index (χ3n) is 1.66. The van der Waals surface area contributed by atoms with Crippen LogP contribution in [0.2, 0.25) is 0 Å². The molecule has 64 valence electrons. The molecule has 1 aromatic carbocycles. The van der Waals surface area contributed by atoms with Crippen molar-refractivity contribution in [3.8, 4) is 11.1 Å². The van der Waals surface area contributed by atoms with Crippen LogP contribution in [0.3, 0.4) is 0 Å². The lowest BCUT2D eigenvalue weighted by atomic mass is 10.1. The summed E-state index contributed by atoms with van der Waals surface area (Å²) in [5, 5.41) is 5.18. The van der Waals surface area contributed by atoms with Crippen LogP contribution in [0.4, 0.5) is 0 Å². The van der Waals surface area contributed by atoms with Crippen molar-refractivity contribution < 1.29 is 0 Å². The molecule has 0 saturated carbocycles. The molecule has 0 N–H and O–H groups in total. The van der Waals surface area contributed by atoms with E-state index in [0.717, 1.165) is 5.56 Å². The highest BCUT2D eigenvalue weighted by Gasteiger charge is 2.01. The third-order valence-corrected chi connectivity index (χ3v) is 2.18. The molecular weight excluding hydrogens is 184 g/mol. The summed E-state index contributed by atoms with van der Waals surface area (Å²) in [6.07, 6.45) is 0. The van der Waals surface area contributed by atoms with Gasteiger partial charge in [0.2, 0.25) is 0 Å². The Hall–Kier alpha value is -1.55. The van der Waals surface area contributed by atoms with Crippen molar-refractivity contribution in [2.45, 2.75) is 0 Å². The maximum atomic E-state index is 11.3.